The van der Waals surface area contributed by atoms with Crippen LogP contribution < -0.4 is 10.7 Å². The van der Waals surface area contributed by atoms with Crippen LogP contribution in [0.1, 0.15) is 42.6 Å². The van der Waals surface area contributed by atoms with E-state index in [-0.39, 0.29) is 11.8 Å². The summed E-state index contributed by atoms with van der Waals surface area (Å²) >= 11 is 0. The van der Waals surface area contributed by atoms with Crippen molar-refractivity contribution in [3.63, 3.8) is 0 Å². The van der Waals surface area contributed by atoms with Crippen molar-refractivity contribution in [1.29, 1.82) is 0 Å². The monoisotopic (exact) mass is 323 g/mol. The number of amides is 2. The van der Waals surface area contributed by atoms with Gasteiger partial charge in [0.2, 0.25) is 5.91 Å². The molecule has 24 heavy (non-hydrogen) atoms. The number of rotatable bonds is 6. The van der Waals surface area contributed by atoms with Gasteiger partial charge in [-0.3, -0.25) is 9.59 Å². The summed E-state index contributed by atoms with van der Waals surface area (Å²) in [5, 5.41) is 6.94. The van der Waals surface area contributed by atoms with Gasteiger partial charge in [0.15, 0.2) is 0 Å². The van der Waals surface area contributed by atoms with E-state index in [1.54, 1.807) is 24.3 Å². The summed E-state index contributed by atoms with van der Waals surface area (Å²) < 4.78 is 0. The molecule has 0 aliphatic rings. The quantitative estimate of drug-likeness (QED) is 0.630. The second kappa shape index (κ2) is 8.62. The zero-order chi connectivity index (χ0) is 17.4. The number of carbonyl (C=O) groups excluding carboxylic acids is 2. The Labute approximate surface area is 141 Å². The van der Waals surface area contributed by atoms with E-state index < -0.39 is 0 Å². The number of hydrogen-bond acceptors (Lipinski definition) is 3. The van der Waals surface area contributed by atoms with Crippen LogP contribution in [0, 0.1) is 0 Å². The molecule has 0 saturated carbocycles. The lowest BCUT2D eigenvalue weighted by molar-refractivity contribution is -0.114. The zero-order valence-corrected chi connectivity index (χ0v) is 13.9. The van der Waals surface area contributed by atoms with E-state index >= 15 is 0 Å². The summed E-state index contributed by atoms with van der Waals surface area (Å²) in [6.07, 6.45) is 1.72. The average Bonchev–Trinajstić information content (AvgIpc) is 2.59. The van der Waals surface area contributed by atoms with Crippen LogP contribution in [-0.2, 0) is 4.79 Å². The Morgan fingerprint density at radius 3 is 2.21 bits per heavy atom. The highest BCUT2D eigenvalue weighted by Crippen LogP contribution is 2.10. The van der Waals surface area contributed by atoms with Crippen LogP contribution in [0.5, 0.6) is 0 Å². The summed E-state index contributed by atoms with van der Waals surface area (Å²) in [6.45, 7) is 3.51. The first-order valence-electron chi connectivity index (χ1n) is 7.90. The molecule has 2 amide bonds. The molecule has 0 aromatic heterocycles. The highest BCUT2D eigenvalue weighted by Gasteiger charge is 2.07. The molecule has 0 unspecified atom stereocenters. The third-order valence-electron chi connectivity index (χ3n) is 3.35. The van der Waals surface area contributed by atoms with Crippen molar-refractivity contribution in [2.75, 3.05) is 5.32 Å². The largest absolute Gasteiger partial charge is 0.326 e. The number of nitrogens with one attached hydrogen (secondary N) is 2. The van der Waals surface area contributed by atoms with E-state index in [0.717, 1.165) is 24.1 Å². The van der Waals surface area contributed by atoms with E-state index in [1.807, 2.05) is 30.3 Å². The zero-order valence-electron chi connectivity index (χ0n) is 13.9. The molecule has 5 heteroatoms. The summed E-state index contributed by atoms with van der Waals surface area (Å²) in [5.41, 5.74) is 5.59. The van der Waals surface area contributed by atoms with Gasteiger partial charge in [-0.2, -0.15) is 5.10 Å². The molecule has 0 bridgehead atoms. The van der Waals surface area contributed by atoms with Crippen LogP contribution >= 0.6 is 0 Å². The van der Waals surface area contributed by atoms with Gasteiger partial charge < -0.3 is 5.32 Å². The van der Waals surface area contributed by atoms with E-state index in [4.69, 9.17) is 0 Å². The van der Waals surface area contributed by atoms with Crippen LogP contribution in [0.2, 0.25) is 0 Å². The highest BCUT2D eigenvalue weighted by atomic mass is 16.2. The van der Waals surface area contributed by atoms with E-state index in [1.165, 1.54) is 6.92 Å². The molecule has 5 nitrogen and oxygen atoms in total. The maximum atomic E-state index is 12.2. The molecular formula is C19H21N3O2. The molecule has 0 radical (unpaired) electrons. The van der Waals surface area contributed by atoms with Gasteiger partial charge in [0, 0.05) is 18.2 Å². The van der Waals surface area contributed by atoms with Gasteiger partial charge in [-0.15, -0.1) is 0 Å². The molecular weight excluding hydrogens is 302 g/mol. The standard InChI is InChI=1S/C19H21N3O2/c1-3-7-18(15-8-5-4-6-9-15)21-22-19(24)16-10-12-17(13-11-16)20-14(2)23/h4-6,8-13H,3,7H2,1-2H3,(H,20,23)(H,22,24). The smallest absolute Gasteiger partial charge is 0.271 e. The predicted molar refractivity (Wildman–Crippen MR) is 96.1 cm³/mol. The minimum Gasteiger partial charge on any atom is -0.326 e. The van der Waals surface area contributed by atoms with Crippen molar-refractivity contribution in [3.05, 3.63) is 65.7 Å². The number of benzene rings is 2. The summed E-state index contributed by atoms with van der Waals surface area (Å²) in [7, 11) is 0. The van der Waals surface area contributed by atoms with Gasteiger partial charge in [-0.1, -0.05) is 43.7 Å². The van der Waals surface area contributed by atoms with Crippen molar-refractivity contribution < 1.29 is 9.59 Å². The van der Waals surface area contributed by atoms with Gasteiger partial charge >= 0.3 is 0 Å². The summed E-state index contributed by atoms with van der Waals surface area (Å²) in [5.74, 6) is -0.433. The van der Waals surface area contributed by atoms with Crippen molar-refractivity contribution in [1.82, 2.24) is 5.43 Å². The number of hydrazone groups is 1. The number of hydrogen-bond donors (Lipinski definition) is 2. The lowest BCUT2D eigenvalue weighted by Crippen LogP contribution is -2.20. The molecule has 2 rings (SSSR count). The summed E-state index contributed by atoms with van der Waals surface area (Å²) in [4.78, 5) is 23.2. The Hall–Kier alpha value is -2.95. The first-order chi connectivity index (χ1) is 11.6. The van der Waals surface area contributed by atoms with Crippen LogP contribution in [0.3, 0.4) is 0 Å². The molecule has 0 aliphatic carbocycles. The molecule has 124 valence electrons. The first-order valence-corrected chi connectivity index (χ1v) is 7.90. The Morgan fingerprint density at radius 1 is 0.958 bits per heavy atom. The van der Waals surface area contributed by atoms with E-state index in [0.29, 0.717) is 11.3 Å². The SMILES string of the molecule is CCCC(=NNC(=O)c1ccc(NC(C)=O)cc1)c1ccccc1. The minimum absolute atomic E-state index is 0.149. The van der Waals surface area contributed by atoms with Crippen molar-refractivity contribution in [2.45, 2.75) is 26.7 Å². The van der Waals surface area contributed by atoms with Crippen molar-refractivity contribution >= 4 is 23.2 Å². The molecule has 2 N–H and O–H groups in total. The van der Waals surface area contributed by atoms with E-state index in [2.05, 4.69) is 22.8 Å². The van der Waals surface area contributed by atoms with Crippen LogP contribution in [0.25, 0.3) is 0 Å². The maximum absolute atomic E-state index is 12.2. The molecule has 0 atom stereocenters. The second-order valence-electron chi connectivity index (χ2n) is 5.37. The molecule has 0 fully saturated rings. The molecule has 2 aromatic carbocycles. The van der Waals surface area contributed by atoms with Gasteiger partial charge in [0.1, 0.15) is 0 Å². The van der Waals surface area contributed by atoms with Crippen molar-refractivity contribution in [3.8, 4) is 0 Å². The fraction of sp³-hybridized carbons (Fsp3) is 0.211. The molecule has 0 spiro atoms. The maximum Gasteiger partial charge on any atom is 0.271 e. The number of carbonyl (C=O) groups is 2. The normalized spacial score (nSPS) is 11.0. The molecule has 0 aliphatic heterocycles. The van der Waals surface area contributed by atoms with E-state index in [9.17, 15) is 9.59 Å². The lowest BCUT2D eigenvalue weighted by atomic mass is 10.1. The molecule has 0 saturated heterocycles. The molecule has 0 heterocycles. The van der Waals surface area contributed by atoms with Crippen molar-refractivity contribution in [2.24, 2.45) is 5.10 Å². The highest BCUT2D eigenvalue weighted by molar-refractivity contribution is 6.02. The van der Waals surface area contributed by atoms with Crippen LogP contribution in [0.15, 0.2) is 59.7 Å². The summed E-state index contributed by atoms with van der Waals surface area (Å²) in [6, 6.07) is 16.5. The van der Waals surface area contributed by atoms with Gasteiger partial charge in [-0.25, -0.2) is 5.43 Å². The Balaban J connectivity index is 2.08. The van der Waals surface area contributed by atoms with Gasteiger partial charge in [0.25, 0.3) is 5.91 Å². The fourth-order valence-electron chi connectivity index (χ4n) is 2.22. The fourth-order valence-corrected chi connectivity index (χ4v) is 2.22. The van der Waals surface area contributed by atoms with Gasteiger partial charge in [0.05, 0.1) is 5.71 Å². The third-order valence-corrected chi connectivity index (χ3v) is 3.35. The minimum atomic E-state index is -0.283. The lowest BCUT2D eigenvalue weighted by Gasteiger charge is -2.07. The molecule has 2 aromatic rings. The number of anilines is 1. The Bertz CT molecular complexity index is 722. The number of nitrogens with zero attached hydrogens (tertiary/aromatic N) is 1. The second-order valence-corrected chi connectivity index (χ2v) is 5.37. The average molecular weight is 323 g/mol. The first kappa shape index (κ1) is 17.4. The van der Waals surface area contributed by atoms with Crippen LogP contribution in [0.4, 0.5) is 5.69 Å². The topological polar surface area (TPSA) is 70.6 Å². The van der Waals surface area contributed by atoms with Gasteiger partial charge in [-0.05, 0) is 36.2 Å². The third kappa shape index (κ3) is 5.05. The Kier molecular flexibility index (Phi) is 6.25. The predicted octanol–water partition coefficient (Wildman–Crippen LogP) is 3.58. The Morgan fingerprint density at radius 2 is 1.62 bits per heavy atom. The van der Waals surface area contributed by atoms with Crippen LogP contribution in [-0.4, -0.2) is 17.5 Å².